The molecule has 1 fully saturated rings. The molecule has 1 atom stereocenters. The van der Waals surface area contributed by atoms with E-state index in [0.717, 1.165) is 25.4 Å². The van der Waals surface area contributed by atoms with Gasteiger partial charge in [0.2, 0.25) is 0 Å². The van der Waals surface area contributed by atoms with Gasteiger partial charge in [0.05, 0.1) is 6.61 Å². The van der Waals surface area contributed by atoms with Crippen molar-refractivity contribution in [2.45, 2.75) is 45.1 Å². The minimum atomic E-state index is -0.109. The SMILES string of the molecule is CCNC(C)(CO)CCN(C)CC1CCC1. The molecule has 0 spiro atoms. The van der Waals surface area contributed by atoms with Gasteiger partial charge in [-0.15, -0.1) is 0 Å². The van der Waals surface area contributed by atoms with Crippen molar-refractivity contribution in [1.29, 1.82) is 0 Å². The summed E-state index contributed by atoms with van der Waals surface area (Å²) < 4.78 is 0. The molecule has 16 heavy (non-hydrogen) atoms. The average molecular weight is 228 g/mol. The van der Waals surface area contributed by atoms with Crippen molar-refractivity contribution in [3.63, 3.8) is 0 Å². The van der Waals surface area contributed by atoms with Gasteiger partial charge in [-0.1, -0.05) is 13.3 Å². The molecule has 1 rings (SSSR count). The molecule has 3 nitrogen and oxygen atoms in total. The van der Waals surface area contributed by atoms with Crippen LogP contribution in [0.1, 0.15) is 39.5 Å². The average Bonchev–Trinajstić information content (AvgIpc) is 2.21. The molecule has 2 N–H and O–H groups in total. The van der Waals surface area contributed by atoms with Gasteiger partial charge in [0.25, 0.3) is 0 Å². The van der Waals surface area contributed by atoms with E-state index in [0.29, 0.717) is 0 Å². The van der Waals surface area contributed by atoms with Crippen molar-refractivity contribution in [2.75, 3.05) is 33.3 Å². The van der Waals surface area contributed by atoms with Crippen LogP contribution < -0.4 is 5.32 Å². The molecule has 0 aromatic carbocycles. The molecular formula is C13H28N2O. The summed E-state index contributed by atoms with van der Waals surface area (Å²) >= 11 is 0. The van der Waals surface area contributed by atoms with Gasteiger partial charge in [-0.05, 0) is 52.2 Å². The van der Waals surface area contributed by atoms with Crippen LogP contribution in [0.5, 0.6) is 0 Å². The number of aliphatic hydroxyl groups is 1. The van der Waals surface area contributed by atoms with Crippen LogP contribution >= 0.6 is 0 Å². The Balaban J connectivity index is 2.19. The lowest BCUT2D eigenvalue weighted by molar-refractivity contribution is 0.140. The molecule has 1 unspecified atom stereocenters. The quantitative estimate of drug-likeness (QED) is 0.660. The van der Waals surface area contributed by atoms with E-state index in [2.05, 4.69) is 31.1 Å². The van der Waals surface area contributed by atoms with Crippen LogP contribution in [0.15, 0.2) is 0 Å². The lowest BCUT2D eigenvalue weighted by Crippen LogP contribution is -2.48. The van der Waals surface area contributed by atoms with Gasteiger partial charge in [0, 0.05) is 12.1 Å². The Bertz CT molecular complexity index is 194. The van der Waals surface area contributed by atoms with Crippen LogP contribution in [-0.2, 0) is 0 Å². The zero-order chi connectivity index (χ0) is 12.0. The number of rotatable bonds is 8. The first-order chi connectivity index (χ1) is 7.59. The monoisotopic (exact) mass is 228 g/mol. The highest BCUT2D eigenvalue weighted by Crippen LogP contribution is 2.26. The molecule has 0 aliphatic heterocycles. The minimum absolute atomic E-state index is 0.109. The van der Waals surface area contributed by atoms with Crippen molar-refractivity contribution < 1.29 is 5.11 Å². The summed E-state index contributed by atoms with van der Waals surface area (Å²) in [4.78, 5) is 2.41. The van der Waals surface area contributed by atoms with E-state index in [1.807, 2.05) is 0 Å². The van der Waals surface area contributed by atoms with Gasteiger partial charge in [0.15, 0.2) is 0 Å². The van der Waals surface area contributed by atoms with Gasteiger partial charge in [-0.2, -0.15) is 0 Å². The van der Waals surface area contributed by atoms with Crippen molar-refractivity contribution in [3.8, 4) is 0 Å². The van der Waals surface area contributed by atoms with Crippen LogP contribution in [0.4, 0.5) is 0 Å². The number of hydrogen-bond donors (Lipinski definition) is 2. The molecule has 0 radical (unpaired) electrons. The molecule has 0 heterocycles. The summed E-state index contributed by atoms with van der Waals surface area (Å²) in [5.74, 6) is 0.935. The summed E-state index contributed by atoms with van der Waals surface area (Å²) in [6.45, 7) is 7.63. The largest absolute Gasteiger partial charge is 0.394 e. The van der Waals surface area contributed by atoms with Crippen molar-refractivity contribution in [3.05, 3.63) is 0 Å². The van der Waals surface area contributed by atoms with Crippen molar-refractivity contribution >= 4 is 0 Å². The Hall–Kier alpha value is -0.120. The van der Waals surface area contributed by atoms with Crippen LogP contribution in [0.25, 0.3) is 0 Å². The van der Waals surface area contributed by atoms with E-state index in [1.54, 1.807) is 0 Å². The first kappa shape index (κ1) is 13.9. The highest BCUT2D eigenvalue weighted by Gasteiger charge is 2.23. The minimum Gasteiger partial charge on any atom is -0.394 e. The second kappa shape index (κ2) is 6.58. The van der Waals surface area contributed by atoms with E-state index in [-0.39, 0.29) is 12.1 Å². The molecule has 1 saturated carbocycles. The first-order valence-corrected chi connectivity index (χ1v) is 6.64. The standard InChI is InChI=1S/C13H28N2O/c1-4-14-13(2,11-16)8-9-15(3)10-12-6-5-7-12/h12,14,16H,4-11H2,1-3H3. The highest BCUT2D eigenvalue weighted by atomic mass is 16.3. The molecule has 0 amide bonds. The maximum Gasteiger partial charge on any atom is 0.0611 e. The third kappa shape index (κ3) is 4.40. The topological polar surface area (TPSA) is 35.5 Å². The maximum absolute atomic E-state index is 9.39. The molecule has 0 aromatic rings. The number of hydrogen-bond acceptors (Lipinski definition) is 3. The summed E-state index contributed by atoms with van der Waals surface area (Å²) in [5, 5.41) is 12.8. The molecule has 0 bridgehead atoms. The van der Waals surface area contributed by atoms with E-state index in [1.165, 1.54) is 25.8 Å². The van der Waals surface area contributed by atoms with Gasteiger partial charge < -0.3 is 15.3 Å². The predicted molar refractivity (Wildman–Crippen MR) is 68.6 cm³/mol. The highest BCUT2D eigenvalue weighted by molar-refractivity contribution is 4.83. The lowest BCUT2D eigenvalue weighted by Gasteiger charge is -2.33. The van der Waals surface area contributed by atoms with E-state index in [4.69, 9.17) is 0 Å². The third-order valence-electron chi connectivity index (χ3n) is 3.79. The van der Waals surface area contributed by atoms with E-state index in [9.17, 15) is 5.11 Å². The fourth-order valence-electron chi connectivity index (χ4n) is 2.30. The predicted octanol–water partition coefficient (Wildman–Crippen LogP) is 1.47. The summed E-state index contributed by atoms with van der Waals surface area (Å²) in [6, 6.07) is 0. The molecule has 3 heteroatoms. The summed E-state index contributed by atoms with van der Waals surface area (Å²) in [6.07, 6.45) is 5.26. The summed E-state index contributed by atoms with van der Waals surface area (Å²) in [7, 11) is 2.20. The Morgan fingerprint density at radius 3 is 2.56 bits per heavy atom. The number of likely N-dealkylation sites (N-methyl/N-ethyl adjacent to an activating group) is 1. The number of nitrogens with zero attached hydrogens (tertiary/aromatic N) is 1. The molecule has 0 aromatic heterocycles. The van der Waals surface area contributed by atoms with Gasteiger partial charge >= 0.3 is 0 Å². The van der Waals surface area contributed by atoms with Gasteiger partial charge in [-0.3, -0.25) is 0 Å². The number of aliphatic hydroxyl groups excluding tert-OH is 1. The maximum atomic E-state index is 9.39. The first-order valence-electron chi connectivity index (χ1n) is 6.64. The lowest BCUT2D eigenvalue weighted by atomic mass is 9.85. The van der Waals surface area contributed by atoms with Crippen molar-refractivity contribution in [2.24, 2.45) is 5.92 Å². The second-order valence-electron chi connectivity index (χ2n) is 5.56. The molecule has 1 aliphatic rings. The molecule has 96 valence electrons. The fraction of sp³-hybridized carbons (Fsp3) is 1.00. The second-order valence-corrected chi connectivity index (χ2v) is 5.56. The van der Waals surface area contributed by atoms with Crippen LogP contribution in [0.3, 0.4) is 0 Å². The zero-order valence-corrected chi connectivity index (χ0v) is 11.1. The van der Waals surface area contributed by atoms with Crippen LogP contribution in [0.2, 0.25) is 0 Å². The van der Waals surface area contributed by atoms with E-state index < -0.39 is 0 Å². The molecule has 1 aliphatic carbocycles. The molecule has 0 saturated heterocycles. The molecular weight excluding hydrogens is 200 g/mol. The smallest absolute Gasteiger partial charge is 0.0611 e. The third-order valence-corrected chi connectivity index (χ3v) is 3.79. The van der Waals surface area contributed by atoms with Gasteiger partial charge in [-0.25, -0.2) is 0 Å². The van der Waals surface area contributed by atoms with Crippen molar-refractivity contribution in [1.82, 2.24) is 10.2 Å². The van der Waals surface area contributed by atoms with Crippen LogP contribution in [0, 0.1) is 5.92 Å². The Morgan fingerprint density at radius 2 is 2.12 bits per heavy atom. The normalized spacial score (nSPS) is 20.8. The van der Waals surface area contributed by atoms with Crippen LogP contribution in [-0.4, -0.2) is 48.8 Å². The summed E-state index contributed by atoms with van der Waals surface area (Å²) in [5.41, 5.74) is -0.109. The zero-order valence-electron chi connectivity index (χ0n) is 11.1. The van der Waals surface area contributed by atoms with Gasteiger partial charge in [0.1, 0.15) is 0 Å². The Morgan fingerprint density at radius 1 is 1.44 bits per heavy atom. The van der Waals surface area contributed by atoms with E-state index >= 15 is 0 Å². The fourth-order valence-corrected chi connectivity index (χ4v) is 2.30. The Kier molecular flexibility index (Phi) is 5.73. The Labute approximate surface area is 100 Å². The number of nitrogens with one attached hydrogen (secondary N) is 1.